The number of aromatic nitrogens is 2. The van der Waals surface area contributed by atoms with E-state index in [0.717, 1.165) is 4.31 Å². The highest BCUT2D eigenvalue weighted by atomic mass is 32.2. The maximum absolute atomic E-state index is 13.9. The van der Waals surface area contributed by atoms with Crippen molar-refractivity contribution < 1.29 is 32.3 Å². The summed E-state index contributed by atoms with van der Waals surface area (Å²) < 4.78 is 39.8. The van der Waals surface area contributed by atoms with Gasteiger partial charge >= 0.3 is 12.1 Å². The molecule has 0 bridgehead atoms. The lowest BCUT2D eigenvalue weighted by atomic mass is 10.1. The van der Waals surface area contributed by atoms with Crippen LogP contribution < -0.4 is 9.64 Å². The van der Waals surface area contributed by atoms with E-state index >= 15 is 0 Å². The van der Waals surface area contributed by atoms with Gasteiger partial charge in [0.25, 0.3) is 0 Å². The molecule has 2 amide bonds. The molecule has 0 saturated carbocycles. The second kappa shape index (κ2) is 11.3. The maximum atomic E-state index is 13.9. The Morgan fingerprint density at radius 2 is 1.76 bits per heavy atom. The number of hydrogen-bond donors (Lipinski definition) is 0. The lowest BCUT2D eigenvalue weighted by Gasteiger charge is -2.33. The van der Waals surface area contributed by atoms with Crippen LogP contribution in [0.5, 0.6) is 5.75 Å². The average molecular weight is 536 g/mol. The van der Waals surface area contributed by atoms with Gasteiger partial charge in [-0.1, -0.05) is 0 Å². The molecular weight excluding hydrogens is 502 g/mol. The third kappa shape index (κ3) is 6.28. The Morgan fingerprint density at radius 3 is 2.30 bits per heavy atom. The molecule has 1 aromatic heterocycles. The number of nitrogens with zero attached hydrogens (tertiary/aromatic N) is 5. The van der Waals surface area contributed by atoms with Crippen LogP contribution in [0.15, 0.2) is 41.6 Å². The molecule has 2 atom stereocenters. The highest BCUT2D eigenvalue weighted by Gasteiger charge is 2.44. The molecule has 0 unspecified atom stereocenters. The molecule has 0 spiro atoms. The number of carbonyl (C=O) groups excluding carboxylic acids is 3. The SMILES string of the molecule is CC(C)OC(=O)[C@H](C)N(C(=O)[C@@H]1CCCN1S(=O)(=O)c1cnn(C)c1)c1ccc(OC(=O)N(C)C)cc1. The normalized spacial score (nSPS) is 16.9. The number of esters is 1. The third-order valence-corrected chi connectivity index (χ3v) is 7.64. The van der Waals surface area contributed by atoms with Gasteiger partial charge in [-0.2, -0.15) is 9.40 Å². The minimum absolute atomic E-state index is 0.0134. The first-order valence-electron chi connectivity index (χ1n) is 11.9. The van der Waals surface area contributed by atoms with Crippen molar-refractivity contribution in [2.45, 2.75) is 56.7 Å². The predicted octanol–water partition coefficient (Wildman–Crippen LogP) is 2.01. The Kier molecular flexibility index (Phi) is 8.59. The molecule has 2 aromatic rings. The van der Waals surface area contributed by atoms with Gasteiger partial charge < -0.3 is 14.4 Å². The van der Waals surface area contributed by atoms with Crippen LogP contribution in [0.4, 0.5) is 10.5 Å². The van der Waals surface area contributed by atoms with Crippen LogP contribution in [0.3, 0.4) is 0 Å². The van der Waals surface area contributed by atoms with Crippen molar-refractivity contribution in [2.75, 3.05) is 25.5 Å². The van der Waals surface area contributed by atoms with Crippen LogP contribution in [0.1, 0.15) is 33.6 Å². The molecule has 1 saturated heterocycles. The first-order valence-corrected chi connectivity index (χ1v) is 13.3. The topological polar surface area (TPSA) is 131 Å². The summed E-state index contributed by atoms with van der Waals surface area (Å²) in [5.74, 6) is -0.948. The molecule has 12 nitrogen and oxygen atoms in total. The Balaban J connectivity index is 1.96. The number of rotatable bonds is 8. The lowest BCUT2D eigenvalue weighted by molar-refractivity contribution is -0.149. The van der Waals surface area contributed by atoms with Gasteiger partial charge in [0, 0.05) is 39.6 Å². The summed E-state index contributed by atoms with van der Waals surface area (Å²) in [7, 11) is 0.704. The summed E-state index contributed by atoms with van der Waals surface area (Å²) in [6, 6.07) is 3.99. The predicted molar refractivity (Wildman–Crippen MR) is 134 cm³/mol. The van der Waals surface area contributed by atoms with E-state index in [1.807, 2.05) is 0 Å². The number of hydrogen-bond acceptors (Lipinski definition) is 8. The van der Waals surface area contributed by atoms with E-state index in [1.54, 1.807) is 35.0 Å². The fourth-order valence-corrected chi connectivity index (χ4v) is 5.58. The standard InChI is InChI=1S/C24H33N5O7S/c1-16(2)35-23(31)17(3)29(18-9-11-19(12-10-18)36-24(32)26(4)5)22(30)21-8-7-13-28(21)37(33,34)20-14-25-27(6)15-20/h9-12,14-17,21H,7-8,13H2,1-6H3/t17-,21-/m0/s1. The van der Waals surface area contributed by atoms with Gasteiger partial charge in [-0.3, -0.25) is 14.4 Å². The average Bonchev–Trinajstić information content (AvgIpc) is 3.49. The molecule has 1 aliphatic rings. The molecular formula is C24H33N5O7S. The molecule has 1 fully saturated rings. The van der Waals surface area contributed by atoms with Crippen LogP contribution in [0.25, 0.3) is 0 Å². The van der Waals surface area contributed by atoms with Crippen LogP contribution in [-0.4, -0.2) is 84.2 Å². The number of ether oxygens (including phenoxy) is 2. The highest BCUT2D eigenvalue weighted by molar-refractivity contribution is 7.89. The Bertz CT molecular complexity index is 1240. The molecule has 2 heterocycles. The number of anilines is 1. The third-order valence-electron chi connectivity index (χ3n) is 5.78. The molecule has 202 valence electrons. The number of amides is 2. The van der Waals surface area contributed by atoms with Gasteiger partial charge in [-0.25, -0.2) is 18.0 Å². The second-order valence-corrected chi connectivity index (χ2v) is 11.1. The summed E-state index contributed by atoms with van der Waals surface area (Å²) in [4.78, 5) is 41.1. The van der Waals surface area contributed by atoms with Gasteiger partial charge in [0.1, 0.15) is 22.7 Å². The first-order chi connectivity index (χ1) is 17.3. The van der Waals surface area contributed by atoms with E-state index in [-0.39, 0.29) is 17.2 Å². The summed E-state index contributed by atoms with van der Waals surface area (Å²) in [6.45, 7) is 5.08. The Labute approximate surface area is 216 Å². The van der Waals surface area contributed by atoms with Crippen molar-refractivity contribution >= 4 is 33.7 Å². The van der Waals surface area contributed by atoms with Gasteiger partial charge in [0.15, 0.2) is 0 Å². The number of benzene rings is 1. The molecule has 0 N–H and O–H groups in total. The molecule has 0 radical (unpaired) electrons. The molecule has 1 aliphatic heterocycles. The van der Waals surface area contributed by atoms with E-state index in [1.165, 1.54) is 58.1 Å². The van der Waals surface area contributed by atoms with Crippen LogP contribution in [-0.2, 0) is 31.4 Å². The van der Waals surface area contributed by atoms with E-state index in [9.17, 15) is 22.8 Å². The lowest BCUT2D eigenvalue weighted by Crippen LogP contribution is -2.53. The quantitative estimate of drug-likeness (QED) is 0.469. The number of carbonyl (C=O) groups is 3. The van der Waals surface area contributed by atoms with E-state index in [0.29, 0.717) is 18.5 Å². The molecule has 13 heteroatoms. The maximum Gasteiger partial charge on any atom is 0.414 e. The van der Waals surface area contributed by atoms with Crippen molar-refractivity contribution in [3.63, 3.8) is 0 Å². The van der Waals surface area contributed by atoms with Gasteiger partial charge in [0.2, 0.25) is 15.9 Å². The van der Waals surface area contributed by atoms with Gasteiger partial charge in [-0.15, -0.1) is 0 Å². The van der Waals surface area contributed by atoms with E-state index in [2.05, 4.69) is 5.10 Å². The minimum Gasteiger partial charge on any atom is -0.461 e. The Hall–Kier alpha value is -3.45. The fourth-order valence-electron chi connectivity index (χ4n) is 3.95. The van der Waals surface area contributed by atoms with Crippen molar-refractivity contribution in [1.29, 1.82) is 0 Å². The van der Waals surface area contributed by atoms with E-state index < -0.39 is 46.2 Å². The van der Waals surface area contributed by atoms with Crippen molar-refractivity contribution in [1.82, 2.24) is 19.0 Å². The van der Waals surface area contributed by atoms with Crippen molar-refractivity contribution in [2.24, 2.45) is 7.05 Å². The zero-order chi connectivity index (χ0) is 27.5. The number of aryl methyl sites for hydroxylation is 1. The van der Waals surface area contributed by atoms with Crippen LogP contribution in [0.2, 0.25) is 0 Å². The smallest absolute Gasteiger partial charge is 0.414 e. The number of sulfonamides is 1. The largest absolute Gasteiger partial charge is 0.461 e. The zero-order valence-corrected chi connectivity index (χ0v) is 22.6. The zero-order valence-electron chi connectivity index (χ0n) is 21.8. The second-order valence-electron chi connectivity index (χ2n) is 9.25. The summed E-state index contributed by atoms with van der Waals surface area (Å²) in [6.07, 6.45) is 2.41. The van der Waals surface area contributed by atoms with Crippen molar-refractivity contribution in [3.05, 3.63) is 36.7 Å². The molecule has 3 rings (SSSR count). The Morgan fingerprint density at radius 1 is 1.11 bits per heavy atom. The van der Waals surface area contributed by atoms with Crippen molar-refractivity contribution in [3.8, 4) is 5.75 Å². The van der Waals surface area contributed by atoms with Crippen LogP contribution in [0, 0.1) is 0 Å². The van der Waals surface area contributed by atoms with Gasteiger partial charge in [0.05, 0.1) is 12.3 Å². The molecule has 1 aromatic carbocycles. The highest BCUT2D eigenvalue weighted by Crippen LogP contribution is 2.30. The minimum atomic E-state index is -4.00. The molecule has 37 heavy (non-hydrogen) atoms. The monoisotopic (exact) mass is 535 g/mol. The fraction of sp³-hybridized carbons (Fsp3) is 0.500. The molecule has 0 aliphatic carbocycles. The van der Waals surface area contributed by atoms with Gasteiger partial charge in [-0.05, 0) is 57.9 Å². The van der Waals surface area contributed by atoms with Crippen LogP contribution >= 0.6 is 0 Å². The summed E-state index contributed by atoms with van der Waals surface area (Å²) >= 11 is 0. The first kappa shape index (κ1) is 28.1. The van der Waals surface area contributed by atoms with E-state index in [4.69, 9.17) is 9.47 Å². The summed E-state index contributed by atoms with van der Waals surface area (Å²) in [5.41, 5.74) is 0.327. The summed E-state index contributed by atoms with van der Waals surface area (Å²) in [5, 5.41) is 3.94.